The van der Waals surface area contributed by atoms with Gasteiger partial charge in [0.2, 0.25) is 0 Å². The van der Waals surface area contributed by atoms with Crippen LogP contribution >= 0.6 is 0 Å². The molecule has 0 aliphatic rings. The minimum atomic E-state index is -0.965. The summed E-state index contributed by atoms with van der Waals surface area (Å²) in [5.41, 5.74) is 0.194. The molecule has 9 heteroatoms. The Morgan fingerprint density at radius 3 is 2.64 bits per heavy atom. The van der Waals surface area contributed by atoms with Gasteiger partial charge >= 0.3 is 5.97 Å². The number of H-pyrrole nitrogens is 1. The van der Waals surface area contributed by atoms with Crippen LogP contribution in [0, 0.1) is 24.0 Å². The Labute approximate surface area is 141 Å². The summed E-state index contributed by atoms with van der Waals surface area (Å²) >= 11 is 0. The van der Waals surface area contributed by atoms with Gasteiger partial charge in [-0.3, -0.25) is 19.7 Å². The van der Waals surface area contributed by atoms with Crippen molar-refractivity contribution >= 4 is 23.3 Å². The lowest BCUT2D eigenvalue weighted by Crippen LogP contribution is -2.25. The number of rotatable bonds is 5. The molecule has 0 spiro atoms. The van der Waals surface area contributed by atoms with Crippen molar-refractivity contribution in [2.24, 2.45) is 0 Å². The fourth-order valence-corrected chi connectivity index (χ4v) is 2.08. The number of hydrogen-bond acceptors (Lipinski definition) is 6. The second-order valence-corrected chi connectivity index (χ2v) is 5.20. The van der Waals surface area contributed by atoms with E-state index in [2.05, 4.69) is 10.3 Å². The quantitative estimate of drug-likeness (QED) is 0.481. The number of aromatic amines is 1. The summed E-state index contributed by atoms with van der Waals surface area (Å²) in [6.07, 6.45) is 1.35. The Morgan fingerprint density at radius 2 is 2.00 bits per heavy atom. The van der Waals surface area contributed by atoms with Crippen LogP contribution in [-0.2, 0) is 9.53 Å². The van der Waals surface area contributed by atoms with Gasteiger partial charge in [0.15, 0.2) is 6.61 Å². The number of esters is 1. The highest BCUT2D eigenvalue weighted by Gasteiger charge is 2.20. The van der Waals surface area contributed by atoms with Crippen molar-refractivity contribution in [1.82, 2.24) is 4.98 Å². The highest BCUT2D eigenvalue weighted by molar-refractivity contribution is 5.97. The minimum absolute atomic E-state index is 0.0450. The summed E-state index contributed by atoms with van der Waals surface area (Å²) in [5.74, 6) is -1.72. The topological polar surface area (TPSA) is 131 Å². The molecule has 0 saturated carbocycles. The zero-order valence-corrected chi connectivity index (χ0v) is 13.5. The number of carbonyl (C=O) groups is 2. The molecule has 0 aliphatic heterocycles. The lowest BCUT2D eigenvalue weighted by Gasteiger charge is -2.11. The molecule has 9 nitrogen and oxygen atoms in total. The van der Waals surface area contributed by atoms with E-state index in [1.165, 1.54) is 24.4 Å². The SMILES string of the molecule is Cc1ccc([N+](=O)[O-])c(NC(=O)COC(=O)c2ccc[nH]c2=O)c1C. The van der Waals surface area contributed by atoms with Gasteiger partial charge in [-0.05, 0) is 37.1 Å². The van der Waals surface area contributed by atoms with Crippen LogP contribution in [0.1, 0.15) is 21.5 Å². The first kappa shape index (κ1) is 17.9. The average molecular weight is 345 g/mol. The van der Waals surface area contributed by atoms with Crippen LogP contribution in [-0.4, -0.2) is 28.4 Å². The fourth-order valence-electron chi connectivity index (χ4n) is 2.08. The molecule has 1 aromatic carbocycles. The number of benzene rings is 1. The number of ether oxygens (including phenoxy) is 1. The molecule has 130 valence electrons. The monoisotopic (exact) mass is 345 g/mol. The minimum Gasteiger partial charge on any atom is -0.452 e. The van der Waals surface area contributed by atoms with Crippen LogP contribution in [0.4, 0.5) is 11.4 Å². The van der Waals surface area contributed by atoms with Gasteiger partial charge in [-0.2, -0.15) is 0 Å². The first-order valence-corrected chi connectivity index (χ1v) is 7.20. The van der Waals surface area contributed by atoms with Crippen molar-refractivity contribution in [3.8, 4) is 0 Å². The van der Waals surface area contributed by atoms with Crippen molar-refractivity contribution in [1.29, 1.82) is 0 Å². The summed E-state index contributed by atoms with van der Waals surface area (Å²) in [7, 11) is 0. The maximum atomic E-state index is 12.0. The molecule has 1 heterocycles. The highest BCUT2D eigenvalue weighted by atomic mass is 16.6. The molecular weight excluding hydrogens is 330 g/mol. The number of nitro groups is 1. The summed E-state index contributed by atoms with van der Waals surface area (Å²) in [5, 5.41) is 13.5. The number of nitrogens with one attached hydrogen (secondary N) is 2. The highest BCUT2D eigenvalue weighted by Crippen LogP contribution is 2.30. The van der Waals surface area contributed by atoms with Crippen molar-refractivity contribution < 1.29 is 19.2 Å². The van der Waals surface area contributed by atoms with Crippen molar-refractivity contribution in [3.05, 3.63) is 67.6 Å². The van der Waals surface area contributed by atoms with Crippen LogP contribution in [0.25, 0.3) is 0 Å². The van der Waals surface area contributed by atoms with E-state index in [4.69, 9.17) is 4.74 Å². The van der Waals surface area contributed by atoms with E-state index in [1.54, 1.807) is 19.9 Å². The van der Waals surface area contributed by atoms with Crippen molar-refractivity contribution in [2.45, 2.75) is 13.8 Å². The number of amides is 1. The third kappa shape index (κ3) is 4.08. The molecule has 2 N–H and O–H groups in total. The number of nitro benzene ring substituents is 1. The molecule has 0 atom stereocenters. The summed E-state index contributed by atoms with van der Waals surface area (Å²) in [4.78, 5) is 48.0. The van der Waals surface area contributed by atoms with Crippen LogP contribution in [0.15, 0.2) is 35.3 Å². The molecule has 2 aromatic rings. The zero-order chi connectivity index (χ0) is 18.6. The molecule has 1 aromatic heterocycles. The third-order valence-electron chi connectivity index (χ3n) is 3.55. The second kappa shape index (κ2) is 7.39. The maximum Gasteiger partial charge on any atom is 0.344 e. The molecule has 0 saturated heterocycles. The second-order valence-electron chi connectivity index (χ2n) is 5.20. The predicted octanol–water partition coefficient (Wildman–Crippen LogP) is 1.70. The standard InChI is InChI=1S/C16H15N3O6/c1-9-5-6-12(19(23)24)14(10(9)2)18-13(20)8-25-16(22)11-4-3-7-17-15(11)21/h3-7H,8H2,1-2H3,(H,17,21)(H,18,20). The Kier molecular flexibility index (Phi) is 5.28. The summed E-state index contributed by atoms with van der Waals surface area (Å²) in [6, 6.07) is 5.56. The Balaban J connectivity index is 2.10. The van der Waals surface area contributed by atoms with E-state index < -0.39 is 29.0 Å². The van der Waals surface area contributed by atoms with E-state index >= 15 is 0 Å². The van der Waals surface area contributed by atoms with E-state index in [1.807, 2.05) is 0 Å². The van der Waals surface area contributed by atoms with E-state index in [9.17, 15) is 24.5 Å². The normalized spacial score (nSPS) is 10.2. The lowest BCUT2D eigenvalue weighted by atomic mass is 10.1. The number of hydrogen-bond donors (Lipinski definition) is 2. The van der Waals surface area contributed by atoms with E-state index in [0.717, 1.165) is 5.56 Å². The molecule has 0 aliphatic carbocycles. The van der Waals surface area contributed by atoms with Crippen molar-refractivity contribution in [3.63, 3.8) is 0 Å². The molecular formula is C16H15N3O6. The number of anilines is 1. The van der Waals surface area contributed by atoms with Crippen LogP contribution < -0.4 is 10.9 Å². The maximum absolute atomic E-state index is 12.0. The van der Waals surface area contributed by atoms with Gasteiger partial charge in [-0.25, -0.2) is 4.79 Å². The van der Waals surface area contributed by atoms with Crippen LogP contribution in [0.2, 0.25) is 0 Å². The molecule has 1 amide bonds. The van der Waals surface area contributed by atoms with Gasteiger partial charge in [0, 0.05) is 12.3 Å². The molecule has 0 radical (unpaired) electrons. The first-order valence-electron chi connectivity index (χ1n) is 7.20. The molecule has 25 heavy (non-hydrogen) atoms. The Hall–Kier alpha value is -3.49. The van der Waals surface area contributed by atoms with Gasteiger partial charge in [0.1, 0.15) is 11.3 Å². The number of carbonyl (C=O) groups excluding carboxylic acids is 2. The number of aromatic nitrogens is 1. The first-order chi connectivity index (χ1) is 11.8. The van der Waals surface area contributed by atoms with Gasteiger partial charge in [0.05, 0.1) is 4.92 Å². The summed E-state index contributed by atoms with van der Waals surface area (Å²) < 4.78 is 4.77. The average Bonchev–Trinajstić information content (AvgIpc) is 2.57. The van der Waals surface area contributed by atoms with E-state index in [-0.39, 0.29) is 16.9 Å². The largest absolute Gasteiger partial charge is 0.452 e. The Morgan fingerprint density at radius 1 is 1.28 bits per heavy atom. The van der Waals surface area contributed by atoms with Crippen LogP contribution in [0.3, 0.4) is 0 Å². The Bertz CT molecular complexity index is 903. The third-order valence-corrected chi connectivity index (χ3v) is 3.55. The molecule has 0 bridgehead atoms. The van der Waals surface area contributed by atoms with E-state index in [0.29, 0.717) is 5.56 Å². The summed E-state index contributed by atoms with van der Waals surface area (Å²) in [6.45, 7) is 2.70. The number of pyridine rings is 1. The van der Waals surface area contributed by atoms with Gasteiger partial charge in [0.25, 0.3) is 17.2 Å². The lowest BCUT2D eigenvalue weighted by molar-refractivity contribution is -0.384. The van der Waals surface area contributed by atoms with Gasteiger partial charge in [-0.15, -0.1) is 0 Å². The fraction of sp³-hybridized carbons (Fsp3) is 0.188. The number of aryl methyl sites for hydroxylation is 1. The zero-order valence-electron chi connectivity index (χ0n) is 13.5. The molecule has 0 fully saturated rings. The molecule has 2 rings (SSSR count). The number of nitrogens with zero attached hydrogens (tertiary/aromatic N) is 1. The smallest absolute Gasteiger partial charge is 0.344 e. The molecule has 0 unspecified atom stereocenters. The van der Waals surface area contributed by atoms with Gasteiger partial charge < -0.3 is 15.0 Å². The van der Waals surface area contributed by atoms with Crippen LogP contribution in [0.5, 0.6) is 0 Å². The predicted molar refractivity (Wildman–Crippen MR) is 88.5 cm³/mol. The van der Waals surface area contributed by atoms with Gasteiger partial charge in [-0.1, -0.05) is 6.07 Å². The van der Waals surface area contributed by atoms with Crippen molar-refractivity contribution in [2.75, 3.05) is 11.9 Å².